The Balaban J connectivity index is 1.47. The second kappa shape index (κ2) is 8.71. The molecule has 1 aliphatic rings. The van der Waals surface area contributed by atoms with Gasteiger partial charge in [0.25, 0.3) is 5.91 Å². The van der Waals surface area contributed by atoms with Gasteiger partial charge in [-0.05, 0) is 54.3 Å². The van der Waals surface area contributed by atoms with Crippen LogP contribution >= 0.6 is 23.5 Å². The van der Waals surface area contributed by atoms with E-state index in [1.165, 1.54) is 11.8 Å². The summed E-state index contributed by atoms with van der Waals surface area (Å²) in [7, 11) is 0. The van der Waals surface area contributed by atoms with Crippen LogP contribution in [0.5, 0.6) is 0 Å². The first-order valence-corrected chi connectivity index (χ1v) is 11.3. The van der Waals surface area contributed by atoms with Crippen LogP contribution in [-0.2, 0) is 11.3 Å². The molecular weight excluding hydrogens is 402 g/mol. The molecule has 0 atom stereocenters. The smallest absolute Gasteiger partial charge is 0.255 e. The zero-order valence-corrected chi connectivity index (χ0v) is 17.4. The summed E-state index contributed by atoms with van der Waals surface area (Å²) in [6.45, 7) is 0.454. The predicted molar refractivity (Wildman–Crippen MR) is 119 cm³/mol. The molecule has 0 aliphatic carbocycles. The highest BCUT2D eigenvalue weighted by molar-refractivity contribution is 8.00. The number of rotatable bonds is 5. The van der Waals surface area contributed by atoms with Crippen molar-refractivity contribution < 1.29 is 9.59 Å². The summed E-state index contributed by atoms with van der Waals surface area (Å²) >= 11 is 3.09. The van der Waals surface area contributed by atoms with E-state index in [1.807, 2.05) is 54.8 Å². The minimum absolute atomic E-state index is 0.0611. The third kappa shape index (κ3) is 4.46. The average Bonchev–Trinajstić information content (AvgIpc) is 2.76. The lowest BCUT2D eigenvalue weighted by Crippen LogP contribution is -2.35. The summed E-state index contributed by atoms with van der Waals surface area (Å²) in [5.41, 5.74) is 3.14. The van der Waals surface area contributed by atoms with Crippen molar-refractivity contribution in [3.63, 3.8) is 0 Å². The number of aromatic nitrogens is 1. The molecule has 0 radical (unpaired) electrons. The van der Waals surface area contributed by atoms with E-state index in [-0.39, 0.29) is 11.8 Å². The van der Waals surface area contributed by atoms with E-state index in [2.05, 4.69) is 10.3 Å². The van der Waals surface area contributed by atoms with Crippen molar-refractivity contribution in [2.75, 3.05) is 22.2 Å². The van der Waals surface area contributed by atoms with Gasteiger partial charge in [-0.25, -0.2) is 4.98 Å². The molecule has 0 unspecified atom stereocenters. The molecule has 0 saturated heterocycles. The molecule has 7 heteroatoms. The molecule has 1 N–H and O–H groups in total. The zero-order valence-electron chi connectivity index (χ0n) is 15.8. The molecule has 0 saturated carbocycles. The van der Waals surface area contributed by atoms with Gasteiger partial charge in [-0.1, -0.05) is 30.0 Å². The lowest BCUT2D eigenvalue weighted by molar-refractivity contribution is -0.116. The number of anilines is 2. The number of carbonyl (C=O) groups is 2. The summed E-state index contributed by atoms with van der Waals surface area (Å²) in [5, 5.41) is 3.80. The Kier molecular flexibility index (Phi) is 5.87. The maximum Gasteiger partial charge on any atom is 0.255 e. The standard InChI is InChI=1S/C22H19N3O2S2/c1-28-18-5-2-4-17(12-18)24-21(27)16-9-7-15(8-10-16)13-25-19-6-3-11-23-22(19)29-14-20(25)26/h2-12H,13-14H2,1H3,(H,24,27). The van der Waals surface area contributed by atoms with Crippen LogP contribution in [0.3, 0.4) is 0 Å². The van der Waals surface area contributed by atoms with E-state index in [0.29, 0.717) is 17.9 Å². The average molecular weight is 422 g/mol. The topological polar surface area (TPSA) is 62.3 Å². The van der Waals surface area contributed by atoms with Crippen LogP contribution in [0.1, 0.15) is 15.9 Å². The molecule has 5 nitrogen and oxygen atoms in total. The van der Waals surface area contributed by atoms with Gasteiger partial charge in [0.15, 0.2) is 0 Å². The fourth-order valence-corrected chi connectivity index (χ4v) is 4.40. The molecule has 4 rings (SSSR count). The summed E-state index contributed by atoms with van der Waals surface area (Å²) in [6, 6.07) is 18.8. The first kappa shape index (κ1) is 19.5. The highest BCUT2D eigenvalue weighted by Gasteiger charge is 2.25. The van der Waals surface area contributed by atoms with E-state index >= 15 is 0 Å². The van der Waals surface area contributed by atoms with Gasteiger partial charge < -0.3 is 10.2 Å². The quantitative estimate of drug-likeness (QED) is 0.606. The van der Waals surface area contributed by atoms with E-state index < -0.39 is 0 Å². The Morgan fingerprint density at radius 2 is 2.00 bits per heavy atom. The van der Waals surface area contributed by atoms with Crippen LogP contribution in [0.4, 0.5) is 11.4 Å². The minimum atomic E-state index is -0.158. The van der Waals surface area contributed by atoms with Crippen LogP contribution in [0.15, 0.2) is 76.8 Å². The van der Waals surface area contributed by atoms with Crippen LogP contribution in [0, 0.1) is 0 Å². The Hall–Kier alpha value is -2.77. The van der Waals surface area contributed by atoms with Crippen LogP contribution in [0.25, 0.3) is 0 Å². The largest absolute Gasteiger partial charge is 0.322 e. The molecule has 0 bridgehead atoms. The zero-order chi connectivity index (χ0) is 20.2. The molecule has 1 aromatic heterocycles. The van der Waals surface area contributed by atoms with Crippen molar-refractivity contribution in [1.29, 1.82) is 0 Å². The molecule has 146 valence electrons. The number of hydrogen-bond acceptors (Lipinski definition) is 5. The molecule has 2 heterocycles. The molecule has 3 aromatic rings. The lowest BCUT2D eigenvalue weighted by Gasteiger charge is -2.28. The minimum Gasteiger partial charge on any atom is -0.322 e. The highest BCUT2D eigenvalue weighted by Crippen LogP contribution is 2.34. The molecule has 1 aliphatic heterocycles. The Morgan fingerprint density at radius 1 is 1.17 bits per heavy atom. The monoisotopic (exact) mass is 421 g/mol. The number of amides is 2. The SMILES string of the molecule is CSc1cccc(NC(=O)c2ccc(CN3C(=O)CSc4ncccc43)cc2)c1. The second-order valence-corrected chi connectivity index (χ2v) is 8.32. The second-order valence-electron chi connectivity index (χ2n) is 6.48. The molecule has 0 spiro atoms. The number of benzene rings is 2. The molecule has 0 fully saturated rings. The number of thioether (sulfide) groups is 2. The van der Waals surface area contributed by atoms with Crippen molar-refractivity contribution in [3.05, 3.63) is 78.0 Å². The van der Waals surface area contributed by atoms with Gasteiger partial charge in [0.05, 0.1) is 18.0 Å². The summed E-state index contributed by atoms with van der Waals surface area (Å²) in [6.07, 6.45) is 3.74. The van der Waals surface area contributed by atoms with Crippen LogP contribution in [0.2, 0.25) is 0 Å². The first-order valence-electron chi connectivity index (χ1n) is 9.06. The maximum atomic E-state index is 12.5. The molecule has 29 heavy (non-hydrogen) atoms. The summed E-state index contributed by atoms with van der Waals surface area (Å²) in [5.74, 6) is 0.292. The number of nitrogens with zero attached hydrogens (tertiary/aromatic N) is 2. The van der Waals surface area contributed by atoms with Gasteiger partial charge in [0.1, 0.15) is 5.03 Å². The number of fused-ring (bicyclic) bond motifs is 1. The maximum absolute atomic E-state index is 12.5. The van der Waals surface area contributed by atoms with E-state index in [1.54, 1.807) is 35.0 Å². The van der Waals surface area contributed by atoms with Gasteiger partial charge in [-0.2, -0.15) is 0 Å². The normalized spacial score (nSPS) is 13.1. The third-order valence-corrected chi connectivity index (χ3v) is 6.26. The van der Waals surface area contributed by atoms with Crippen LogP contribution in [-0.4, -0.2) is 28.8 Å². The van der Waals surface area contributed by atoms with Gasteiger partial charge in [0.2, 0.25) is 5.91 Å². The Labute approximate surface area is 177 Å². The molecular formula is C22H19N3O2S2. The number of pyridine rings is 1. The number of hydrogen-bond donors (Lipinski definition) is 1. The summed E-state index contributed by atoms with van der Waals surface area (Å²) in [4.78, 5) is 32.1. The number of nitrogens with one attached hydrogen (secondary N) is 1. The van der Waals surface area contributed by atoms with Gasteiger partial charge in [0, 0.05) is 22.3 Å². The van der Waals surface area contributed by atoms with Crippen molar-refractivity contribution in [2.24, 2.45) is 0 Å². The summed E-state index contributed by atoms with van der Waals surface area (Å²) < 4.78 is 0. The lowest BCUT2D eigenvalue weighted by atomic mass is 10.1. The van der Waals surface area contributed by atoms with Gasteiger partial charge in [-0.15, -0.1) is 11.8 Å². The highest BCUT2D eigenvalue weighted by atomic mass is 32.2. The fourth-order valence-electron chi connectivity index (χ4n) is 3.06. The van der Waals surface area contributed by atoms with Gasteiger partial charge >= 0.3 is 0 Å². The molecule has 2 amide bonds. The van der Waals surface area contributed by atoms with Gasteiger partial charge in [-0.3, -0.25) is 9.59 Å². The van der Waals surface area contributed by atoms with Crippen LogP contribution < -0.4 is 10.2 Å². The van der Waals surface area contributed by atoms with Crippen molar-refractivity contribution >= 4 is 46.7 Å². The molecule has 2 aromatic carbocycles. The fraction of sp³-hybridized carbons (Fsp3) is 0.136. The predicted octanol–water partition coefficient (Wildman–Crippen LogP) is 4.69. The number of carbonyl (C=O) groups excluding carboxylic acids is 2. The third-order valence-electron chi connectivity index (χ3n) is 4.56. The first-order chi connectivity index (χ1) is 14.1. The van der Waals surface area contributed by atoms with E-state index in [9.17, 15) is 9.59 Å². The van der Waals surface area contributed by atoms with Crippen molar-refractivity contribution in [3.8, 4) is 0 Å². The van der Waals surface area contributed by atoms with E-state index in [0.717, 1.165) is 26.9 Å². The van der Waals surface area contributed by atoms with E-state index in [4.69, 9.17) is 0 Å². The van der Waals surface area contributed by atoms with Crippen molar-refractivity contribution in [2.45, 2.75) is 16.5 Å². The Morgan fingerprint density at radius 3 is 2.79 bits per heavy atom. The Bertz CT molecular complexity index is 1050. The van der Waals surface area contributed by atoms with Crippen molar-refractivity contribution in [1.82, 2.24) is 4.98 Å².